The van der Waals surface area contributed by atoms with E-state index in [0.717, 1.165) is 5.92 Å². The molecule has 1 aromatic rings. The molecular weight excluding hydrogens is 158 g/mol. The van der Waals surface area contributed by atoms with Gasteiger partial charge < -0.3 is 0 Å². The Labute approximate surface area is 80.2 Å². The monoisotopic (exact) mass is 175 g/mol. The molecule has 0 saturated heterocycles. The molecule has 1 heterocycles. The molecule has 1 nitrogen and oxygen atoms in total. The van der Waals surface area contributed by atoms with Crippen LogP contribution in [0.3, 0.4) is 0 Å². The van der Waals surface area contributed by atoms with Gasteiger partial charge in [0.05, 0.1) is 0 Å². The highest BCUT2D eigenvalue weighted by atomic mass is 14.7. The summed E-state index contributed by atoms with van der Waals surface area (Å²) in [6.45, 7) is 4.59. The van der Waals surface area contributed by atoms with Gasteiger partial charge in [0, 0.05) is 17.3 Å². The molecule has 0 unspecified atom stereocenters. The van der Waals surface area contributed by atoms with Gasteiger partial charge in [-0.3, -0.25) is 4.98 Å². The van der Waals surface area contributed by atoms with Crippen molar-refractivity contribution in [2.75, 3.05) is 0 Å². The number of hydrogen-bond acceptors (Lipinski definition) is 1. The highest BCUT2D eigenvalue weighted by molar-refractivity contribution is 5.24. The van der Waals surface area contributed by atoms with Gasteiger partial charge in [0.1, 0.15) is 0 Å². The van der Waals surface area contributed by atoms with Gasteiger partial charge in [0.2, 0.25) is 0 Å². The van der Waals surface area contributed by atoms with E-state index in [2.05, 4.69) is 31.0 Å². The second-order valence-corrected chi connectivity index (χ2v) is 4.59. The van der Waals surface area contributed by atoms with Gasteiger partial charge in [0.25, 0.3) is 0 Å². The van der Waals surface area contributed by atoms with E-state index in [1.165, 1.54) is 25.0 Å². The van der Waals surface area contributed by atoms with E-state index in [4.69, 9.17) is 0 Å². The summed E-state index contributed by atoms with van der Waals surface area (Å²) in [6, 6.07) is 6.27. The van der Waals surface area contributed by atoms with Crippen LogP contribution in [0.4, 0.5) is 0 Å². The average molecular weight is 175 g/mol. The summed E-state index contributed by atoms with van der Waals surface area (Å²) in [6.07, 6.45) is 5.88. The fraction of sp³-hybridized carbons (Fsp3) is 0.583. The first kappa shape index (κ1) is 8.74. The molecule has 2 rings (SSSR count). The summed E-state index contributed by atoms with van der Waals surface area (Å²) in [4.78, 5) is 4.47. The minimum absolute atomic E-state index is 0.454. The molecule has 70 valence electrons. The lowest BCUT2D eigenvalue weighted by Crippen LogP contribution is -2.11. The Balaban J connectivity index is 2.16. The van der Waals surface area contributed by atoms with Gasteiger partial charge in [-0.1, -0.05) is 19.9 Å². The molecule has 0 bridgehead atoms. The number of rotatable bonds is 3. The molecule has 0 atom stereocenters. The summed E-state index contributed by atoms with van der Waals surface area (Å²) in [7, 11) is 0. The Morgan fingerprint density at radius 2 is 2.15 bits per heavy atom. The topological polar surface area (TPSA) is 12.9 Å². The second-order valence-electron chi connectivity index (χ2n) is 4.59. The van der Waals surface area contributed by atoms with Gasteiger partial charge in [0.15, 0.2) is 0 Å². The molecule has 0 spiro atoms. The molecule has 1 heteroatoms. The van der Waals surface area contributed by atoms with Gasteiger partial charge in [-0.2, -0.15) is 0 Å². The summed E-state index contributed by atoms with van der Waals surface area (Å²) >= 11 is 0. The molecule has 13 heavy (non-hydrogen) atoms. The minimum atomic E-state index is 0.454. The van der Waals surface area contributed by atoms with E-state index in [9.17, 15) is 0 Å². The fourth-order valence-corrected chi connectivity index (χ4v) is 2.17. The Bertz CT molecular complexity index is 272. The van der Waals surface area contributed by atoms with Crippen LogP contribution in [-0.4, -0.2) is 4.98 Å². The van der Waals surface area contributed by atoms with Gasteiger partial charge in [-0.25, -0.2) is 0 Å². The first-order valence-corrected chi connectivity index (χ1v) is 5.14. The van der Waals surface area contributed by atoms with E-state index in [1.807, 2.05) is 12.3 Å². The van der Waals surface area contributed by atoms with Crippen LogP contribution in [0.25, 0.3) is 0 Å². The van der Waals surface area contributed by atoms with Crippen LogP contribution < -0.4 is 0 Å². The third-order valence-corrected chi connectivity index (χ3v) is 2.86. The number of nitrogens with zero attached hydrogens (tertiary/aromatic N) is 1. The van der Waals surface area contributed by atoms with Crippen molar-refractivity contribution >= 4 is 0 Å². The molecule has 1 aliphatic rings. The highest BCUT2D eigenvalue weighted by Gasteiger charge is 2.45. The number of pyridine rings is 1. The molecule has 0 aliphatic heterocycles. The zero-order chi connectivity index (χ0) is 9.31. The molecule has 0 amide bonds. The summed E-state index contributed by atoms with van der Waals surface area (Å²) in [5.41, 5.74) is 1.76. The molecule has 0 radical (unpaired) electrons. The Morgan fingerprint density at radius 1 is 1.38 bits per heavy atom. The van der Waals surface area contributed by atoms with E-state index < -0.39 is 0 Å². The van der Waals surface area contributed by atoms with Gasteiger partial charge in [-0.15, -0.1) is 0 Å². The summed E-state index contributed by atoms with van der Waals surface area (Å²) in [5, 5.41) is 0. The van der Waals surface area contributed by atoms with E-state index in [0.29, 0.717) is 5.41 Å². The summed E-state index contributed by atoms with van der Waals surface area (Å²) in [5.74, 6) is 0.782. The molecule has 0 N–H and O–H groups in total. The predicted octanol–water partition coefficient (Wildman–Crippen LogP) is 3.16. The van der Waals surface area contributed by atoms with Crippen molar-refractivity contribution in [3.63, 3.8) is 0 Å². The standard InChI is InChI=1S/C12H17N/c1-10(2)9-12(6-7-12)11-5-3-4-8-13-11/h3-5,8,10H,6-7,9H2,1-2H3. The molecule has 1 aliphatic carbocycles. The molecule has 1 fully saturated rings. The molecule has 1 saturated carbocycles. The quantitative estimate of drug-likeness (QED) is 0.687. The maximum atomic E-state index is 4.47. The lowest BCUT2D eigenvalue weighted by molar-refractivity contribution is 0.478. The highest BCUT2D eigenvalue weighted by Crippen LogP contribution is 2.51. The largest absolute Gasteiger partial charge is 0.261 e. The van der Waals surface area contributed by atoms with Crippen molar-refractivity contribution in [1.29, 1.82) is 0 Å². The Morgan fingerprint density at radius 3 is 2.62 bits per heavy atom. The van der Waals surface area contributed by atoms with Gasteiger partial charge >= 0.3 is 0 Å². The Hall–Kier alpha value is -0.850. The van der Waals surface area contributed by atoms with Crippen LogP contribution in [0.1, 0.15) is 38.8 Å². The van der Waals surface area contributed by atoms with Crippen LogP contribution in [0, 0.1) is 5.92 Å². The SMILES string of the molecule is CC(C)CC1(c2ccccn2)CC1. The van der Waals surface area contributed by atoms with Crippen molar-refractivity contribution in [1.82, 2.24) is 4.98 Å². The van der Waals surface area contributed by atoms with E-state index >= 15 is 0 Å². The normalized spacial score (nSPS) is 19.0. The zero-order valence-corrected chi connectivity index (χ0v) is 8.46. The van der Waals surface area contributed by atoms with Crippen molar-refractivity contribution in [2.45, 2.75) is 38.5 Å². The first-order chi connectivity index (χ1) is 6.23. The summed E-state index contributed by atoms with van der Waals surface area (Å²) < 4.78 is 0. The van der Waals surface area contributed by atoms with Crippen LogP contribution in [0.15, 0.2) is 24.4 Å². The maximum absolute atomic E-state index is 4.47. The van der Waals surface area contributed by atoms with Crippen molar-refractivity contribution < 1.29 is 0 Å². The predicted molar refractivity (Wildman–Crippen MR) is 54.6 cm³/mol. The number of aromatic nitrogens is 1. The number of hydrogen-bond donors (Lipinski definition) is 0. The second kappa shape index (κ2) is 3.13. The first-order valence-electron chi connectivity index (χ1n) is 5.14. The maximum Gasteiger partial charge on any atom is 0.0465 e. The molecule has 1 aromatic heterocycles. The zero-order valence-electron chi connectivity index (χ0n) is 8.46. The fourth-order valence-electron chi connectivity index (χ4n) is 2.17. The average Bonchev–Trinajstić information content (AvgIpc) is 2.86. The smallest absolute Gasteiger partial charge is 0.0465 e. The Kier molecular flexibility index (Phi) is 2.10. The third kappa shape index (κ3) is 1.74. The van der Waals surface area contributed by atoms with Crippen LogP contribution in [0.2, 0.25) is 0 Å². The van der Waals surface area contributed by atoms with E-state index in [-0.39, 0.29) is 0 Å². The lowest BCUT2D eigenvalue weighted by atomic mass is 9.91. The minimum Gasteiger partial charge on any atom is -0.261 e. The lowest BCUT2D eigenvalue weighted by Gasteiger charge is -2.16. The van der Waals surface area contributed by atoms with Crippen molar-refractivity contribution in [2.24, 2.45) is 5.92 Å². The van der Waals surface area contributed by atoms with Crippen LogP contribution in [-0.2, 0) is 5.41 Å². The molecular formula is C12H17N. The third-order valence-electron chi connectivity index (χ3n) is 2.86. The van der Waals surface area contributed by atoms with E-state index in [1.54, 1.807) is 0 Å². The van der Waals surface area contributed by atoms with Crippen LogP contribution in [0.5, 0.6) is 0 Å². The van der Waals surface area contributed by atoms with Gasteiger partial charge in [-0.05, 0) is 37.3 Å². The van der Waals surface area contributed by atoms with Crippen LogP contribution >= 0.6 is 0 Å². The molecule has 0 aromatic carbocycles. The van der Waals surface area contributed by atoms with Crippen molar-refractivity contribution in [3.05, 3.63) is 30.1 Å². The van der Waals surface area contributed by atoms with Crippen molar-refractivity contribution in [3.8, 4) is 0 Å².